The van der Waals surface area contributed by atoms with Crippen LogP contribution in [0.3, 0.4) is 0 Å². The second-order valence-corrected chi connectivity index (χ2v) is 4.70. The molecule has 0 saturated carbocycles. The Morgan fingerprint density at radius 2 is 1.76 bits per heavy atom. The highest BCUT2D eigenvalue weighted by molar-refractivity contribution is 6.28. The van der Waals surface area contributed by atoms with Crippen LogP contribution in [0.25, 0.3) is 0 Å². The summed E-state index contributed by atoms with van der Waals surface area (Å²) >= 11 is 5.94. The molecule has 0 aliphatic rings. The molecular weight excluding hydrogens is 296 g/mol. The smallest absolute Gasteiger partial charge is 0.322 e. The molecule has 0 radical (unpaired) electrons. The highest BCUT2D eigenvalue weighted by Gasteiger charge is 2.13. The highest BCUT2D eigenvalue weighted by Crippen LogP contribution is 2.15. The van der Waals surface area contributed by atoms with E-state index in [2.05, 4.69) is 15.0 Å². The third-order valence-electron chi connectivity index (χ3n) is 2.64. The fraction of sp³-hybridized carbons (Fsp3) is 0.769. The van der Waals surface area contributed by atoms with Gasteiger partial charge in [0.05, 0.1) is 13.2 Å². The van der Waals surface area contributed by atoms with Crippen molar-refractivity contribution in [3.05, 3.63) is 5.28 Å². The van der Waals surface area contributed by atoms with Gasteiger partial charge in [-0.25, -0.2) is 0 Å². The maximum atomic E-state index is 5.94. The van der Waals surface area contributed by atoms with Crippen LogP contribution in [0, 0.1) is 0 Å². The third-order valence-corrected chi connectivity index (χ3v) is 2.80. The van der Waals surface area contributed by atoms with Crippen LogP contribution in [0.2, 0.25) is 5.28 Å². The average molecular weight is 319 g/mol. The first-order valence-corrected chi connectivity index (χ1v) is 7.36. The zero-order valence-corrected chi connectivity index (χ0v) is 13.6. The van der Waals surface area contributed by atoms with E-state index in [4.69, 9.17) is 25.8 Å². The topological polar surface area (TPSA) is 69.6 Å². The Labute approximate surface area is 130 Å². The van der Waals surface area contributed by atoms with Crippen LogP contribution in [0.5, 0.6) is 6.01 Å². The van der Waals surface area contributed by atoms with Gasteiger partial charge in [-0.3, -0.25) is 0 Å². The number of aromatic nitrogens is 3. The normalized spacial score (nSPS) is 10.7. The van der Waals surface area contributed by atoms with Crippen LogP contribution in [-0.4, -0.2) is 62.1 Å². The van der Waals surface area contributed by atoms with Crippen LogP contribution in [0.4, 0.5) is 5.95 Å². The predicted octanol–water partition coefficient (Wildman–Crippen LogP) is 1.80. The number of anilines is 1. The molecule has 0 bridgehead atoms. The van der Waals surface area contributed by atoms with Gasteiger partial charge in [-0.2, -0.15) is 15.0 Å². The summed E-state index contributed by atoms with van der Waals surface area (Å²) < 4.78 is 15.6. The minimum atomic E-state index is 0.125. The van der Waals surface area contributed by atoms with E-state index in [0.717, 1.165) is 19.4 Å². The number of halogens is 1. The Hall–Kier alpha value is -1.18. The minimum Gasteiger partial charge on any atom is -0.463 e. The molecule has 0 amide bonds. The first-order chi connectivity index (χ1) is 10.2. The first-order valence-electron chi connectivity index (χ1n) is 6.98. The van der Waals surface area contributed by atoms with Crippen molar-refractivity contribution in [1.82, 2.24) is 15.0 Å². The van der Waals surface area contributed by atoms with Crippen LogP contribution in [0.1, 0.15) is 19.8 Å². The van der Waals surface area contributed by atoms with Gasteiger partial charge in [-0.1, -0.05) is 6.92 Å². The van der Waals surface area contributed by atoms with E-state index >= 15 is 0 Å². The molecule has 21 heavy (non-hydrogen) atoms. The van der Waals surface area contributed by atoms with Crippen LogP contribution >= 0.6 is 11.6 Å². The molecule has 0 fully saturated rings. The number of rotatable bonds is 11. The molecule has 1 heterocycles. The van der Waals surface area contributed by atoms with Crippen LogP contribution in [-0.2, 0) is 9.47 Å². The molecule has 1 aromatic rings. The van der Waals surface area contributed by atoms with E-state index < -0.39 is 0 Å². The summed E-state index contributed by atoms with van der Waals surface area (Å²) in [5.74, 6) is 0.495. The number of hydrogen-bond donors (Lipinski definition) is 0. The number of methoxy groups -OCH3 is 2. The molecule has 7 nitrogen and oxygen atoms in total. The molecule has 0 N–H and O–H groups in total. The molecule has 8 heteroatoms. The lowest BCUT2D eigenvalue weighted by Gasteiger charge is -2.22. The lowest BCUT2D eigenvalue weighted by Crippen LogP contribution is -2.31. The van der Waals surface area contributed by atoms with Gasteiger partial charge in [0.2, 0.25) is 11.2 Å². The van der Waals surface area contributed by atoms with E-state index in [1.807, 2.05) is 11.8 Å². The van der Waals surface area contributed by atoms with Gasteiger partial charge in [0, 0.05) is 33.9 Å². The Kier molecular flexibility index (Phi) is 8.96. The summed E-state index contributed by atoms with van der Waals surface area (Å²) in [6, 6.07) is 0.251. The van der Waals surface area contributed by atoms with E-state index in [0.29, 0.717) is 32.3 Å². The van der Waals surface area contributed by atoms with Crippen molar-refractivity contribution in [3.8, 4) is 6.01 Å². The second kappa shape index (κ2) is 10.5. The lowest BCUT2D eigenvalue weighted by atomic mass is 10.4. The maximum Gasteiger partial charge on any atom is 0.322 e. The van der Waals surface area contributed by atoms with Crippen LogP contribution < -0.4 is 9.64 Å². The van der Waals surface area contributed by atoms with E-state index in [9.17, 15) is 0 Å². The molecular formula is C13H23ClN4O3. The minimum absolute atomic E-state index is 0.125. The van der Waals surface area contributed by atoms with Gasteiger partial charge in [0.15, 0.2) is 0 Å². The third kappa shape index (κ3) is 6.88. The van der Waals surface area contributed by atoms with Crippen molar-refractivity contribution < 1.29 is 14.2 Å². The summed E-state index contributed by atoms with van der Waals surface area (Å²) in [7, 11) is 3.33. The zero-order valence-electron chi connectivity index (χ0n) is 12.8. The summed E-state index contributed by atoms with van der Waals surface area (Å²) in [5.41, 5.74) is 0. The lowest BCUT2D eigenvalue weighted by molar-refractivity contribution is 0.190. The van der Waals surface area contributed by atoms with Crippen molar-refractivity contribution in [2.75, 3.05) is 52.0 Å². The first kappa shape index (κ1) is 17.9. The molecule has 1 rings (SSSR count). The highest BCUT2D eigenvalue weighted by atomic mass is 35.5. The second-order valence-electron chi connectivity index (χ2n) is 4.36. The molecule has 0 atom stereocenters. The summed E-state index contributed by atoms with van der Waals surface area (Å²) in [6.07, 6.45) is 1.73. The fourth-order valence-electron chi connectivity index (χ4n) is 1.63. The van der Waals surface area contributed by atoms with Gasteiger partial charge < -0.3 is 19.1 Å². The summed E-state index contributed by atoms with van der Waals surface area (Å²) in [4.78, 5) is 14.4. The quantitative estimate of drug-likeness (QED) is 0.576. The summed E-state index contributed by atoms with van der Waals surface area (Å²) in [6.45, 7) is 5.20. The Balaban J connectivity index is 2.80. The monoisotopic (exact) mass is 318 g/mol. The van der Waals surface area contributed by atoms with Crippen molar-refractivity contribution >= 4 is 17.5 Å². The SMILES string of the molecule is CCCOc1nc(Cl)nc(N(CCCOC)CCOC)n1. The molecule has 120 valence electrons. The van der Waals surface area contributed by atoms with E-state index in [1.165, 1.54) is 0 Å². The van der Waals surface area contributed by atoms with Gasteiger partial charge in [0.25, 0.3) is 0 Å². The Morgan fingerprint density at radius 1 is 1.00 bits per heavy atom. The molecule has 0 aromatic carbocycles. The van der Waals surface area contributed by atoms with Gasteiger partial charge in [-0.05, 0) is 24.4 Å². The molecule has 0 unspecified atom stereocenters. The number of ether oxygens (including phenoxy) is 3. The number of nitrogens with zero attached hydrogens (tertiary/aromatic N) is 4. The van der Waals surface area contributed by atoms with Crippen LogP contribution in [0.15, 0.2) is 0 Å². The van der Waals surface area contributed by atoms with Crippen molar-refractivity contribution in [2.45, 2.75) is 19.8 Å². The van der Waals surface area contributed by atoms with Crippen molar-refractivity contribution in [1.29, 1.82) is 0 Å². The molecule has 0 saturated heterocycles. The Bertz CT molecular complexity index is 409. The largest absolute Gasteiger partial charge is 0.463 e. The van der Waals surface area contributed by atoms with E-state index in [-0.39, 0.29) is 11.3 Å². The number of hydrogen-bond acceptors (Lipinski definition) is 7. The van der Waals surface area contributed by atoms with E-state index in [1.54, 1.807) is 14.2 Å². The maximum absolute atomic E-state index is 5.94. The Morgan fingerprint density at radius 3 is 2.43 bits per heavy atom. The van der Waals surface area contributed by atoms with Gasteiger partial charge in [0.1, 0.15) is 0 Å². The van der Waals surface area contributed by atoms with Crippen molar-refractivity contribution in [2.24, 2.45) is 0 Å². The molecule has 1 aromatic heterocycles. The zero-order chi connectivity index (χ0) is 15.5. The molecule has 0 aliphatic heterocycles. The van der Waals surface area contributed by atoms with Gasteiger partial charge in [-0.15, -0.1) is 0 Å². The molecule has 0 spiro atoms. The van der Waals surface area contributed by atoms with Gasteiger partial charge >= 0.3 is 6.01 Å². The predicted molar refractivity (Wildman–Crippen MR) is 81.2 cm³/mol. The summed E-state index contributed by atoms with van der Waals surface area (Å²) in [5, 5.41) is 0.125. The average Bonchev–Trinajstić information content (AvgIpc) is 2.48. The van der Waals surface area contributed by atoms with Crippen molar-refractivity contribution in [3.63, 3.8) is 0 Å². The standard InChI is InChI=1S/C13H23ClN4O3/c1-4-8-21-13-16-11(14)15-12(17-13)18(7-10-20-3)6-5-9-19-2/h4-10H2,1-3H3. The fourth-order valence-corrected chi connectivity index (χ4v) is 1.78. The molecule has 0 aliphatic carbocycles.